The summed E-state index contributed by atoms with van der Waals surface area (Å²) >= 11 is 0.980. The Morgan fingerprint density at radius 2 is 1.66 bits per heavy atom. The molecule has 180 valence electrons. The molecule has 0 aliphatic heterocycles. The Bertz CT molecular complexity index is 1490. The molecule has 3 N–H and O–H groups in total. The lowest BCUT2D eigenvalue weighted by Gasteiger charge is -2.12. The quantitative estimate of drug-likeness (QED) is 0.304. The Hall–Kier alpha value is -3.82. The van der Waals surface area contributed by atoms with E-state index in [2.05, 4.69) is 5.32 Å². The molecule has 0 saturated carbocycles. The highest BCUT2D eigenvalue weighted by Crippen LogP contribution is 2.45. The predicted molar refractivity (Wildman–Crippen MR) is 138 cm³/mol. The number of ether oxygens (including phenoxy) is 2. The lowest BCUT2D eigenvalue weighted by atomic mass is 10.1. The van der Waals surface area contributed by atoms with Gasteiger partial charge in [0.05, 0.1) is 30.5 Å². The third kappa shape index (κ3) is 4.73. The van der Waals surface area contributed by atoms with Crippen LogP contribution < -0.4 is 20.5 Å². The number of anilines is 3. The number of carbonyl (C=O) groups is 1. The number of thiophene rings is 1. The topological polar surface area (TPSA) is 108 Å². The summed E-state index contributed by atoms with van der Waals surface area (Å²) in [4.78, 5) is 13.5. The normalized spacial score (nSPS) is 11.2. The Morgan fingerprint density at radius 1 is 0.943 bits per heavy atom. The average Bonchev–Trinajstić information content (AvgIpc) is 3.20. The average molecular weight is 509 g/mol. The maximum atomic E-state index is 13.7. The fourth-order valence-electron chi connectivity index (χ4n) is 3.55. The van der Waals surface area contributed by atoms with Crippen LogP contribution in [0.25, 0.3) is 0 Å². The van der Waals surface area contributed by atoms with Crippen molar-refractivity contribution in [2.75, 3.05) is 25.3 Å². The Labute approximate surface area is 208 Å². The molecule has 7 nitrogen and oxygen atoms in total. The zero-order valence-electron chi connectivity index (χ0n) is 19.4. The molecule has 0 fully saturated rings. The van der Waals surface area contributed by atoms with Gasteiger partial charge in [0.2, 0.25) is 15.6 Å². The smallest absolute Gasteiger partial charge is 0.211 e. The number of nitrogen functional groups attached to an aromatic ring is 1. The van der Waals surface area contributed by atoms with Gasteiger partial charge in [0, 0.05) is 5.56 Å². The van der Waals surface area contributed by atoms with Crippen molar-refractivity contribution in [3.63, 3.8) is 0 Å². The molecule has 0 aliphatic rings. The molecule has 0 spiro atoms. The Morgan fingerprint density at radius 3 is 2.34 bits per heavy atom. The number of aryl methyl sites for hydroxylation is 1. The second-order valence-electron chi connectivity index (χ2n) is 7.71. The number of benzene rings is 3. The van der Waals surface area contributed by atoms with Crippen molar-refractivity contribution in [1.82, 2.24) is 0 Å². The molecule has 0 unspecified atom stereocenters. The number of para-hydroxylation sites is 2. The highest BCUT2D eigenvalue weighted by molar-refractivity contribution is 7.92. The first kappa shape index (κ1) is 24.3. The fourth-order valence-corrected chi connectivity index (χ4v) is 6.47. The van der Waals surface area contributed by atoms with Crippen LogP contribution in [0.3, 0.4) is 0 Å². The number of hydrogen-bond donors (Lipinski definition) is 2. The van der Waals surface area contributed by atoms with Crippen molar-refractivity contribution in [1.29, 1.82) is 0 Å². The van der Waals surface area contributed by atoms with Crippen LogP contribution >= 0.6 is 11.3 Å². The van der Waals surface area contributed by atoms with Crippen molar-refractivity contribution >= 4 is 43.3 Å². The van der Waals surface area contributed by atoms with Gasteiger partial charge in [-0.25, -0.2) is 8.42 Å². The summed E-state index contributed by atoms with van der Waals surface area (Å²) in [5.41, 5.74) is 8.08. The summed E-state index contributed by atoms with van der Waals surface area (Å²) in [6, 6.07) is 20.2. The molecule has 0 atom stereocenters. The van der Waals surface area contributed by atoms with Gasteiger partial charge in [0.1, 0.15) is 26.3 Å². The SMILES string of the molecule is COc1cccc(C(=O)c2sc(Nc3ccccc3OC)c(S(=O)(=O)c3ccc(C)cc3)c2N)c1. The minimum absolute atomic E-state index is 0.0797. The molecule has 4 aromatic rings. The standard InChI is InChI=1S/C26H24N2O5S2/c1-16-11-13-19(14-12-16)35(30,31)25-22(27)24(23(29)17-7-6-8-18(15-17)32-2)34-26(25)28-20-9-4-5-10-21(20)33-3/h4-15,28H,27H2,1-3H3. The third-order valence-corrected chi connectivity index (χ3v) is 8.50. The maximum Gasteiger partial charge on any atom is 0.211 e. The number of sulfone groups is 1. The van der Waals surface area contributed by atoms with Crippen LogP contribution in [0.15, 0.2) is 82.6 Å². The number of nitrogens with one attached hydrogen (secondary N) is 1. The summed E-state index contributed by atoms with van der Waals surface area (Å²) < 4.78 is 38.1. The van der Waals surface area contributed by atoms with E-state index >= 15 is 0 Å². The van der Waals surface area contributed by atoms with Crippen molar-refractivity contribution in [3.05, 3.63) is 88.8 Å². The van der Waals surface area contributed by atoms with E-state index in [0.29, 0.717) is 22.7 Å². The van der Waals surface area contributed by atoms with Crippen LogP contribution in [0.2, 0.25) is 0 Å². The minimum atomic E-state index is -4.06. The molecular formula is C26H24N2O5S2. The summed E-state index contributed by atoms with van der Waals surface area (Å²) in [6.45, 7) is 1.87. The van der Waals surface area contributed by atoms with Gasteiger partial charge in [-0.15, -0.1) is 11.3 Å². The van der Waals surface area contributed by atoms with E-state index < -0.39 is 15.6 Å². The molecule has 9 heteroatoms. The number of ketones is 1. The highest BCUT2D eigenvalue weighted by atomic mass is 32.2. The first-order valence-electron chi connectivity index (χ1n) is 10.6. The number of methoxy groups -OCH3 is 2. The van der Waals surface area contributed by atoms with Crippen molar-refractivity contribution in [3.8, 4) is 11.5 Å². The van der Waals surface area contributed by atoms with Gasteiger partial charge in [0.15, 0.2) is 0 Å². The highest BCUT2D eigenvalue weighted by Gasteiger charge is 2.32. The lowest BCUT2D eigenvalue weighted by Crippen LogP contribution is -2.08. The lowest BCUT2D eigenvalue weighted by molar-refractivity contribution is 0.104. The number of nitrogens with two attached hydrogens (primary N) is 1. The molecular weight excluding hydrogens is 484 g/mol. The maximum absolute atomic E-state index is 13.7. The molecule has 0 amide bonds. The fraction of sp³-hybridized carbons (Fsp3) is 0.115. The number of hydrogen-bond acceptors (Lipinski definition) is 8. The van der Waals surface area contributed by atoms with Gasteiger partial charge in [-0.3, -0.25) is 4.79 Å². The van der Waals surface area contributed by atoms with E-state index in [1.807, 2.05) is 6.92 Å². The molecule has 1 aromatic heterocycles. The van der Waals surface area contributed by atoms with E-state index in [-0.39, 0.29) is 25.4 Å². The second-order valence-corrected chi connectivity index (χ2v) is 10.6. The Kier molecular flexibility index (Phi) is 6.81. The van der Waals surface area contributed by atoms with E-state index in [4.69, 9.17) is 15.2 Å². The summed E-state index contributed by atoms with van der Waals surface area (Å²) in [5.74, 6) is 0.615. The van der Waals surface area contributed by atoms with Gasteiger partial charge in [0.25, 0.3) is 0 Å². The predicted octanol–water partition coefficient (Wildman–Crippen LogP) is 5.46. The van der Waals surface area contributed by atoms with E-state index in [1.165, 1.54) is 26.4 Å². The van der Waals surface area contributed by atoms with E-state index in [0.717, 1.165) is 16.9 Å². The summed E-state index contributed by atoms with van der Waals surface area (Å²) in [7, 11) is -1.04. The van der Waals surface area contributed by atoms with Gasteiger partial charge in [-0.1, -0.05) is 42.0 Å². The zero-order chi connectivity index (χ0) is 25.2. The minimum Gasteiger partial charge on any atom is -0.497 e. The van der Waals surface area contributed by atoms with Crippen LogP contribution in [0.4, 0.5) is 16.4 Å². The van der Waals surface area contributed by atoms with Gasteiger partial charge in [-0.05, 0) is 43.3 Å². The molecule has 35 heavy (non-hydrogen) atoms. The van der Waals surface area contributed by atoms with Crippen molar-refractivity contribution < 1.29 is 22.7 Å². The molecule has 0 aliphatic carbocycles. The molecule has 0 saturated heterocycles. The van der Waals surface area contributed by atoms with Gasteiger partial charge in [-0.2, -0.15) is 0 Å². The molecule has 3 aromatic carbocycles. The molecule has 0 radical (unpaired) electrons. The monoisotopic (exact) mass is 508 g/mol. The van der Waals surface area contributed by atoms with Crippen LogP contribution in [-0.2, 0) is 9.84 Å². The van der Waals surface area contributed by atoms with Gasteiger partial charge >= 0.3 is 0 Å². The first-order chi connectivity index (χ1) is 16.8. The van der Waals surface area contributed by atoms with Crippen LogP contribution in [0.1, 0.15) is 20.8 Å². The second kappa shape index (κ2) is 9.81. The third-order valence-electron chi connectivity index (χ3n) is 5.39. The molecule has 1 heterocycles. The van der Waals surface area contributed by atoms with Crippen molar-refractivity contribution in [2.45, 2.75) is 16.7 Å². The van der Waals surface area contributed by atoms with Crippen LogP contribution in [0, 0.1) is 6.92 Å². The van der Waals surface area contributed by atoms with E-state index in [1.54, 1.807) is 60.7 Å². The van der Waals surface area contributed by atoms with E-state index in [9.17, 15) is 13.2 Å². The molecule has 0 bridgehead atoms. The largest absolute Gasteiger partial charge is 0.497 e. The van der Waals surface area contributed by atoms with Gasteiger partial charge < -0.3 is 20.5 Å². The van der Waals surface area contributed by atoms with Crippen LogP contribution in [0.5, 0.6) is 11.5 Å². The zero-order valence-corrected chi connectivity index (χ0v) is 21.0. The Balaban J connectivity index is 1.90. The van der Waals surface area contributed by atoms with Crippen molar-refractivity contribution in [2.24, 2.45) is 0 Å². The first-order valence-corrected chi connectivity index (χ1v) is 12.9. The molecule has 4 rings (SSSR count). The number of rotatable bonds is 8. The number of carbonyl (C=O) groups excluding carboxylic acids is 1. The summed E-state index contributed by atoms with van der Waals surface area (Å²) in [6.07, 6.45) is 0. The summed E-state index contributed by atoms with van der Waals surface area (Å²) in [5, 5.41) is 3.35. The van der Waals surface area contributed by atoms with Crippen LogP contribution in [-0.4, -0.2) is 28.4 Å².